The number of carbonyl (C=O) groups is 1. The van der Waals surface area contributed by atoms with Crippen molar-refractivity contribution in [3.63, 3.8) is 0 Å². The Bertz CT molecular complexity index is 379. The first-order valence-corrected chi connectivity index (χ1v) is 5.54. The van der Waals surface area contributed by atoms with Gasteiger partial charge in [-0.05, 0) is 25.0 Å². The Labute approximate surface area is 95.0 Å². The van der Waals surface area contributed by atoms with Crippen molar-refractivity contribution in [1.29, 1.82) is 0 Å². The lowest BCUT2D eigenvalue weighted by atomic mass is 10.00. The fourth-order valence-corrected chi connectivity index (χ4v) is 1.88. The molecule has 0 saturated heterocycles. The molecule has 0 unspecified atom stereocenters. The molecule has 0 fully saturated rings. The number of ether oxygens (including phenoxy) is 1. The number of fused-ring (bicyclic) bond motifs is 1. The Balaban J connectivity index is 1.95. The lowest BCUT2D eigenvalue weighted by Gasteiger charge is -2.26. The normalized spacial score (nSPS) is 18.2. The van der Waals surface area contributed by atoms with E-state index in [9.17, 15) is 4.79 Å². The molecule has 0 spiro atoms. The van der Waals surface area contributed by atoms with Crippen molar-refractivity contribution in [1.82, 2.24) is 5.32 Å². The van der Waals surface area contributed by atoms with E-state index in [2.05, 4.69) is 22.8 Å². The van der Waals surface area contributed by atoms with Crippen molar-refractivity contribution in [2.24, 2.45) is 0 Å². The number of rotatable bonds is 2. The number of carbonyl (C=O) groups excluding carboxylic acids is 1. The van der Waals surface area contributed by atoms with Crippen LogP contribution in [0.4, 0.5) is 10.5 Å². The molecule has 4 nitrogen and oxygen atoms in total. The van der Waals surface area contributed by atoms with E-state index >= 15 is 0 Å². The third-order valence-corrected chi connectivity index (χ3v) is 2.62. The summed E-state index contributed by atoms with van der Waals surface area (Å²) in [5.74, 6) is 0. The number of benzene rings is 1. The average Bonchev–Trinajstić information content (AvgIpc) is 2.29. The Morgan fingerprint density at radius 2 is 2.38 bits per heavy atom. The maximum atomic E-state index is 11.3. The van der Waals surface area contributed by atoms with E-state index in [4.69, 9.17) is 4.74 Å². The number of hydrogen-bond acceptors (Lipinski definition) is 3. The Hall–Kier alpha value is -1.71. The van der Waals surface area contributed by atoms with Gasteiger partial charge in [-0.15, -0.1) is 0 Å². The Kier molecular flexibility index (Phi) is 3.29. The fourth-order valence-electron chi connectivity index (χ4n) is 1.88. The van der Waals surface area contributed by atoms with Crippen molar-refractivity contribution in [2.45, 2.75) is 19.4 Å². The van der Waals surface area contributed by atoms with E-state index in [1.54, 1.807) is 6.92 Å². The number of nitrogens with one attached hydrogen (secondary N) is 2. The zero-order valence-electron chi connectivity index (χ0n) is 9.32. The first kappa shape index (κ1) is 10.8. The zero-order chi connectivity index (χ0) is 11.4. The number of anilines is 1. The molecule has 0 saturated carbocycles. The molecule has 0 aliphatic carbocycles. The summed E-state index contributed by atoms with van der Waals surface area (Å²) in [4.78, 5) is 11.3. The molecule has 86 valence electrons. The highest BCUT2D eigenvalue weighted by atomic mass is 16.5. The van der Waals surface area contributed by atoms with Crippen molar-refractivity contribution < 1.29 is 9.53 Å². The maximum absolute atomic E-state index is 11.3. The Morgan fingerprint density at radius 1 is 1.56 bits per heavy atom. The van der Waals surface area contributed by atoms with E-state index in [0.29, 0.717) is 6.61 Å². The van der Waals surface area contributed by atoms with Crippen LogP contribution < -0.4 is 10.6 Å². The average molecular weight is 220 g/mol. The summed E-state index contributed by atoms with van der Waals surface area (Å²) in [6, 6.07) is 8.24. The summed E-state index contributed by atoms with van der Waals surface area (Å²) in [6.07, 6.45) is 0.510. The molecule has 1 aromatic rings. The third kappa shape index (κ3) is 2.45. The van der Waals surface area contributed by atoms with Gasteiger partial charge in [0.2, 0.25) is 0 Å². The molecule has 1 heterocycles. The van der Waals surface area contributed by atoms with Gasteiger partial charge in [0.25, 0.3) is 0 Å². The van der Waals surface area contributed by atoms with Crippen LogP contribution in [0.15, 0.2) is 24.3 Å². The van der Waals surface area contributed by atoms with Gasteiger partial charge >= 0.3 is 6.09 Å². The lowest BCUT2D eigenvalue weighted by Crippen LogP contribution is -2.43. The van der Waals surface area contributed by atoms with Gasteiger partial charge < -0.3 is 15.4 Å². The lowest BCUT2D eigenvalue weighted by molar-refractivity contribution is 0.148. The van der Waals surface area contributed by atoms with E-state index in [1.165, 1.54) is 5.56 Å². The van der Waals surface area contributed by atoms with Gasteiger partial charge in [0.15, 0.2) is 0 Å². The highest BCUT2D eigenvalue weighted by Gasteiger charge is 2.19. The minimum absolute atomic E-state index is 0.106. The molecule has 4 heteroatoms. The number of alkyl carbamates (subject to hydrolysis) is 1. The molecular formula is C12H16N2O2. The predicted octanol–water partition coefficient (Wildman–Crippen LogP) is 1.77. The van der Waals surface area contributed by atoms with E-state index in [0.717, 1.165) is 18.7 Å². The SMILES string of the molecule is CCOC(=O)N[C@H]1CNc2ccccc2C1. The second-order valence-corrected chi connectivity index (χ2v) is 3.80. The number of amides is 1. The molecule has 2 N–H and O–H groups in total. The van der Waals surface area contributed by atoms with E-state index < -0.39 is 0 Å². The summed E-state index contributed by atoms with van der Waals surface area (Å²) in [5, 5.41) is 6.13. The first-order chi connectivity index (χ1) is 7.79. The highest BCUT2D eigenvalue weighted by Crippen LogP contribution is 2.20. The second kappa shape index (κ2) is 4.88. The first-order valence-electron chi connectivity index (χ1n) is 5.54. The fraction of sp³-hybridized carbons (Fsp3) is 0.417. The third-order valence-electron chi connectivity index (χ3n) is 2.62. The molecule has 0 radical (unpaired) electrons. The van der Waals surface area contributed by atoms with Crippen LogP contribution in [0.5, 0.6) is 0 Å². The molecule has 2 rings (SSSR count). The van der Waals surface area contributed by atoms with Crippen molar-refractivity contribution in [2.75, 3.05) is 18.5 Å². The largest absolute Gasteiger partial charge is 0.450 e. The van der Waals surface area contributed by atoms with Crippen LogP contribution in [-0.4, -0.2) is 25.3 Å². The molecule has 1 atom stereocenters. The summed E-state index contributed by atoms with van der Waals surface area (Å²) < 4.78 is 4.85. The van der Waals surface area contributed by atoms with Crippen LogP contribution >= 0.6 is 0 Å². The van der Waals surface area contributed by atoms with Gasteiger partial charge in [0.05, 0.1) is 12.6 Å². The minimum atomic E-state index is -0.339. The highest BCUT2D eigenvalue weighted by molar-refractivity contribution is 5.68. The van der Waals surface area contributed by atoms with Crippen LogP contribution in [0.2, 0.25) is 0 Å². The second-order valence-electron chi connectivity index (χ2n) is 3.80. The molecule has 1 aliphatic heterocycles. The van der Waals surface area contributed by atoms with Crippen LogP contribution in [-0.2, 0) is 11.2 Å². The van der Waals surface area contributed by atoms with Crippen molar-refractivity contribution in [3.8, 4) is 0 Å². The van der Waals surface area contributed by atoms with Crippen molar-refractivity contribution in [3.05, 3.63) is 29.8 Å². The topological polar surface area (TPSA) is 50.4 Å². The van der Waals surface area contributed by atoms with Gasteiger partial charge in [-0.3, -0.25) is 0 Å². The summed E-state index contributed by atoms with van der Waals surface area (Å²) >= 11 is 0. The van der Waals surface area contributed by atoms with Crippen LogP contribution in [0.3, 0.4) is 0 Å². The van der Waals surface area contributed by atoms with Gasteiger partial charge in [0, 0.05) is 12.2 Å². The van der Waals surface area contributed by atoms with Gasteiger partial charge in [-0.2, -0.15) is 0 Å². The van der Waals surface area contributed by atoms with Gasteiger partial charge in [0.1, 0.15) is 0 Å². The van der Waals surface area contributed by atoms with Crippen LogP contribution in [0.25, 0.3) is 0 Å². The maximum Gasteiger partial charge on any atom is 0.407 e. The van der Waals surface area contributed by atoms with E-state index in [1.807, 2.05) is 12.1 Å². The zero-order valence-corrected chi connectivity index (χ0v) is 9.32. The van der Waals surface area contributed by atoms with Crippen LogP contribution in [0, 0.1) is 0 Å². The molecule has 1 amide bonds. The standard InChI is InChI=1S/C12H16N2O2/c1-2-16-12(15)14-10-7-9-5-3-4-6-11(9)13-8-10/h3-6,10,13H,2,7-8H2,1H3,(H,14,15)/t10-/m1/s1. The quantitative estimate of drug-likeness (QED) is 0.798. The summed E-state index contributed by atoms with van der Waals surface area (Å²) in [5.41, 5.74) is 2.39. The van der Waals surface area contributed by atoms with Gasteiger partial charge in [-0.1, -0.05) is 18.2 Å². The number of hydrogen-bond donors (Lipinski definition) is 2. The molecule has 16 heavy (non-hydrogen) atoms. The van der Waals surface area contributed by atoms with Crippen LogP contribution in [0.1, 0.15) is 12.5 Å². The molecule has 0 aromatic heterocycles. The van der Waals surface area contributed by atoms with Crippen molar-refractivity contribution >= 4 is 11.8 Å². The molecule has 1 aliphatic rings. The molecular weight excluding hydrogens is 204 g/mol. The monoisotopic (exact) mass is 220 g/mol. The van der Waals surface area contributed by atoms with E-state index in [-0.39, 0.29) is 12.1 Å². The molecule has 1 aromatic carbocycles. The minimum Gasteiger partial charge on any atom is -0.450 e. The number of para-hydroxylation sites is 1. The summed E-state index contributed by atoms with van der Waals surface area (Å²) in [7, 11) is 0. The smallest absolute Gasteiger partial charge is 0.407 e. The predicted molar refractivity (Wildman–Crippen MR) is 62.6 cm³/mol. The summed E-state index contributed by atoms with van der Waals surface area (Å²) in [6.45, 7) is 2.95. The Morgan fingerprint density at radius 3 is 3.19 bits per heavy atom. The molecule has 0 bridgehead atoms. The van der Waals surface area contributed by atoms with Gasteiger partial charge in [-0.25, -0.2) is 4.79 Å².